The summed E-state index contributed by atoms with van der Waals surface area (Å²) in [7, 11) is -3.60. The van der Waals surface area contributed by atoms with E-state index in [4.69, 9.17) is 11.6 Å². The number of nitrogens with one attached hydrogen (secondary N) is 1. The third-order valence-corrected chi connectivity index (χ3v) is 8.00. The van der Waals surface area contributed by atoms with Gasteiger partial charge in [-0.2, -0.15) is 0 Å². The Morgan fingerprint density at radius 1 is 1.12 bits per heavy atom. The second-order valence-corrected chi connectivity index (χ2v) is 11.2. The molecule has 1 aliphatic heterocycles. The van der Waals surface area contributed by atoms with E-state index in [1.807, 2.05) is 24.0 Å². The third-order valence-electron chi connectivity index (χ3n) is 6.04. The van der Waals surface area contributed by atoms with Crippen LogP contribution in [0.2, 0.25) is 5.02 Å². The fourth-order valence-corrected chi connectivity index (χ4v) is 5.51. The van der Waals surface area contributed by atoms with Gasteiger partial charge in [0.15, 0.2) is 9.84 Å². The van der Waals surface area contributed by atoms with E-state index in [1.165, 1.54) is 0 Å². The predicted octanol–water partition coefficient (Wildman–Crippen LogP) is 3.55. The lowest BCUT2D eigenvalue weighted by atomic mass is 10.1. The lowest BCUT2D eigenvalue weighted by Gasteiger charge is -2.22. The molecule has 1 heterocycles. The van der Waals surface area contributed by atoms with E-state index in [9.17, 15) is 18.0 Å². The maximum atomic E-state index is 12.8. The summed E-state index contributed by atoms with van der Waals surface area (Å²) in [5, 5.41) is 3.43. The van der Waals surface area contributed by atoms with Gasteiger partial charge in [0.25, 0.3) is 0 Å². The zero-order valence-corrected chi connectivity index (χ0v) is 19.6. The molecular formula is C24H27ClN2O4S. The third kappa shape index (κ3) is 5.15. The normalized spacial score (nSPS) is 17.8. The first kappa shape index (κ1) is 22.8. The summed E-state index contributed by atoms with van der Waals surface area (Å²) in [6.07, 6.45) is 3.07. The van der Waals surface area contributed by atoms with Gasteiger partial charge in [-0.1, -0.05) is 23.7 Å². The first-order valence-corrected chi connectivity index (χ1v) is 13.0. The lowest BCUT2D eigenvalue weighted by molar-refractivity contribution is -0.121. The van der Waals surface area contributed by atoms with Gasteiger partial charge in [0.05, 0.1) is 10.6 Å². The fourth-order valence-electron chi connectivity index (χ4n) is 4.09. The van der Waals surface area contributed by atoms with Crippen LogP contribution in [-0.2, 0) is 32.3 Å². The number of hydrogen-bond acceptors (Lipinski definition) is 4. The predicted molar refractivity (Wildman–Crippen MR) is 125 cm³/mol. The van der Waals surface area contributed by atoms with Crippen LogP contribution in [0.4, 0.5) is 5.69 Å². The molecular weight excluding hydrogens is 448 g/mol. The molecule has 1 atom stereocenters. The van der Waals surface area contributed by atoms with Gasteiger partial charge in [-0.05, 0) is 74.1 Å². The van der Waals surface area contributed by atoms with E-state index in [0.717, 1.165) is 29.7 Å². The van der Waals surface area contributed by atoms with E-state index in [0.29, 0.717) is 24.4 Å². The van der Waals surface area contributed by atoms with Crippen molar-refractivity contribution in [3.8, 4) is 0 Å². The molecule has 170 valence electrons. The SMILES string of the molecule is C[C@@H]1Cc2cc(S(=O)(=O)CCC(=O)NCCc3ccc(Cl)cc3)ccc2N1C(=O)C1CC1. The first-order chi connectivity index (χ1) is 15.2. The Kier molecular flexibility index (Phi) is 6.58. The smallest absolute Gasteiger partial charge is 0.230 e. The molecule has 32 heavy (non-hydrogen) atoms. The number of hydrogen-bond donors (Lipinski definition) is 1. The Bertz CT molecular complexity index is 1130. The molecule has 0 saturated heterocycles. The van der Waals surface area contributed by atoms with Gasteiger partial charge in [-0.15, -0.1) is 0 Å². The lowest BCUT2D eigenvalue weighted by Crippen LogP contribution is -2.36. The second kappa shape index (κ2) is 9.24. The number of anilines is 1. The van der Waals surface area contributed by atoms with Crippen LogP contribution in [0.25, 0.3) is 0 Å². The van der Waals surface area contributed by atoms with E-state index < -0.39 is 9.84 Å². The summed E-state index contributed by atoms with van der Waals surface area (Å²) in [6.45, 7) is 2.42. The Morgan fingerprint density at radius 2 is 1.84 bits per heavy atom. The van der Waals surface area contributed by atoms with Crippen molar-refractivity contribution < 1.29 is 18.0 Å². The number of sulfone groups is 1. The highest BCUT2D eigenvalue weighted by Crippen LogP contribution is 2.39. The van der Waals surface area contributed by atoms with Crippen molar-refractivity contribution in [3.05, 3.63) is 58.6 Å². The molecule has 1 aliphatic carbocycles. The molecule has 2 amide bonds. The minimum absolute atomic E-state index is 0.0301. The molecule has 8 heteroatoms. The molecule has 2 aromatic carbocycles. The average molecular weight is 475 g/mol. The molecule has 0 spiro atoms. The Morgan fingerprint density at radius 3 is 2.53 bits per heavy atom. The summed E-state index contributed by atoms with van der Waals surface area (Å²) in [5.74, 6) is -0.288. The van der Waals surface area contributed by atoms with E-state index >= 15 is 0 Å². The minimum Gasteiger partial charge on any atom is -0.356 e. The van der Waals surface area contributed by atoms with Gasteiger partial charge >= 0.3 is 0 Å². The molecule has 1 fully saturated rings. The molecule has 6 nitrogen and oxygen atoms in total. The van der Waals surface area contributed by atoms with E-state index in [2.05, 4.69) is 5.32 Å². The summed E-state index contributed by atoms with van der Waals surface area (Å²) < 4.78 is 25.6. The molecule has 0 bridgehead atoms. The number of halogens is 1. The molecule has 2 aliphatic rings. The Hall–Kier alpha value is -2.38. The summed E-state index contributed by atoms with van der Waals surface area (Å²) in [5.41, 5.74) is 2.73. The van der Waals surface area contributed by atoms with Crippen LogP contribution in [0.5, 0.6) is 0 Å². The van der Waals surface area contributed by atoms with Crippen LogP contribution in [-0.4, -0.2) is 38.6 Å². The number of carbonyl (C=O) groups is 2. The molecule has 0 aromatic heterocycles. The van der Waals surface area contributed by atoms with Crippen LogP contribution >= 0.6 is 11.6 Å². The van der Waals surface area contributed by atoms with E-state index in [-0.39, 0.29) is 40.8 Å². The van der Waals surface area contributed by atoms with Gasteiger partial charge in [0.1, 0.15) is 0 Å². The zero-order chi connectivity index (χ0) is 22.9. The van der Waals surface area contributed by atoms with Crippen molar-refractivity contribution >= 4 is 38.9 Å². The van der Waals surface area contributed by atoms with Crippen LogP contribution in [0.3, 0.4) is 0 Å². The Balaban J connectivity index is 1.32. The van der Waals surface area contributed by atoms with Crippen molar-refractivity contribution in [3.63, 3.8) is 0 Å². The molecule has 2 aromatic rings. The molecule has 1 saturated carbocycles. The monoisotopic (exact) mass is 474 g/mol. The van der Waals surface area contributed by atoms with Crippen molar-refractivity contribution in [1.82, 2.24) is 5.32 Å². The zero-order valence-electron chi connectivity index (χ0n) is 18.0. The van der Waals surface area contributed by atoms with Gasteiger partial charge in [0, 0.05) is 35.6 Å². The van der Waals surface area contributed by atoms with Crippen LogP contribution in [0.1, 0.15) is 37.3 Å². The average Bonchev–Trinajstić information content (AvgIpc) is 3.55. The number of benzene rings is 2. The van der Waals surface area contributed by atoms with Crippen molar-refractivity contribution in [2.45, 2.75) is 50.0 Å². The number of nitrogens with zero attached hydrogens (tertiary/aromatic N) is 1. The molecule has 0 unspecified atom stereocenters. The molecule has 1 N–H and O–H groups in total. The summed E-state index contributed by atoms with van der Waals surface area (Å²) in [6, 6.07) is 12.4. The molecule has 0 radical (unpaired) electrons. The number of fused-ring (bicyclic) bond motifs is 1. The number of rotatable bonds is 8. The van der Waals surface area contributed by atoms with Gasteiger partial charge in [0.2, 0.25) is 11.8 Å². The van der Waals surface area contributed by atoms with Gasteiger partial charge in [-0.3, -0.25) is 9.59 Å². The van der Waals surface area contributed by atoms with Crippen LogP contribution < -0.4 is 10.2 Å². The number of carbonyl (C=O) groups excluding carboxylic acids is 2. The molecule has 4 rings (SSSR count). The summed E-state index contributed by atoms with van der Waals surface area (Å²) in [4.78, 5) is 26.8. The Labute approximate surface area is 193 Å². The minimum atomic E-state index is -3.60. The summed E-state index contributed by atoms with van der Waals surface area (Å²) >= 11 is 5.86. The van der Waals surface area contributed by atoms with E-state index in [1.54, 1.807) is 30.3 Å². The van der Waals surface area contributed by atoms with Gasteiger partial charge < -0.3 is 10.2 Å². The van der Waals surface area contributed by atoms with Crippen molar-refractivity contribution in [1.29, 1.82) is 0 Å². The maximum absolute atomic E-state index is 12.8. The highest BCUT2D eigenvalue weighted by molar-refractivity contribution is 7.91. The van der Waals surface area contributed by atoms with Crippen LogP contribution in [0, 0.1) is 5.92 Å². The standard InChI is InChI=1S/C24H27ClN2O4S/c1-16-14-19-15-21(8-9-22(19)27(16)24(29)18-4-5-18)32(30,31)13-11-23(28)26-12-10-17-2-6-20(25)7-3-17/h2-3,6-9,15-16,18H,4-5,10-14H2,1H3,(H,26,28)/t16-/m1/s1. The quantitative estimate of drug-likeness (QED) is 0.634. The van der Waals surface area contributed by atoms with Crippen molar-refractivity contribution in [2.24, 2.45) is 5.92 Å². The first-order valence-electron chi connectivity index (χ1n) is 10.9. The number of amides is 2. The highest BCUT2D eigenvalue weighted by atomic mass is 35.5. The van der Waals surface area contributed by atoms with Crippen molar-refractivity contribution in [2.75, 3.05) is 17.2 Å². The largest absolute Gasteiger partial charge is 0.356 e. The second-order valence-electron chi connectivity index (χ2n) is 8.62. The topological polar surface area (TPSA) is 83.6 Å². The maximum Gasteiger partial charge on any atom is 0.230 e. The van der Waals surface area contributed by atoms with Gasteiger partial charge in [-0.25, -0.2) is 8.42 Å². The highest BCUT2D eigenvalue weighted by Gasteiger charge is 2.39. The fraction of sp³-hybridized carbons (Fsp3) is 0.417. The van der Waals surface area contributed by atoms with Crippen LogP contribution in [0.15, 0.2) is 47.4 Å².